The first-order valence-corrected chi connectivity index (χ1v) is 6.26. The van der Waals surface area contributed by atoms with E-state index in [2.05, 4.69) is 10.4 Å². The first-order chi connectivity index (χ1) is 8.19. The number of ether oxygens (including phenoxy) is 1. The van der Waals surface area contributed by atoms with Gasteiger partial charge in [-0.2, -0.15) is 5.10 Å². The molecule has 3 N–H and O–H groups in total. The summed E-state index contributed by atoms with van der Waals surface area (Å²) in [5.41, 5.74) is 5.98. The van der Waals surface area contributed by atoms with Crippen molar-refractivity contribution in [3.8, 4) is 5.88 Å². The molecule has 1 aromatic heterocycles. The van der Waals surface area contributed by atoms with Gasteiger partial charge in [0.25, 0.3) is 0 Å². The number of rotatable bonds is 4. The second-order valence-corrected chi connectivity index (χ2v) is 4.87. The molecule has 1 saturated carbocycles. The Bertz CT molecular complexity index is 363. The molecular weight excluding hydrogens is 216 g/mol. The predicted octanol–water partition coefficient (Wildman–Crippen LogP) is 1.36. The van der Waals surface area contributed by atoms with Gasteiger partial charge in [-0.1, -0.05) is 6.42 Å². The average Bonchev–Trinajstić information content (AvgIpc) is 2.67. The molecule has 0 saturated heterocycles. The van der Waals surface area contributed by atoms with E-state index in [1.165, 1.54) is 19.3 Å². The maximum Gasteiger partial charge on any atom is 0.213 e. The predicted molar refractivity (Wildman–Crippen MR) is 68.2 cm³/mol. The maximum atomic E-state index is 5.98. The summed E-state index contributed by atoms with van der Waals surface area (Å²) in [6, 6.07) is 2.30. The lowest BCUT2D eigenvalue weighted by atomic mass is 9.86. The van der Waals surface area contributed by atoms with Crippen molar-refractivity contribution in [2.24, 2.45) is 18.7 Å². The smallest absolute Gasteiger partial charge is 0.213 e. The van der Waals surface area contributed by atoms with E-state index in [0.717, 1.165) is 24.7 Å². The molecule has 96 valence electrons. The van der Waals surface area contributed by atoms with E-state index < -0.39 is 0 Å². The number of nitrogens with two attached hydrogens (primary N) is 1. The number of nitrogens with zero attached hydrogens (tertiary/aromatic N) is 2. The standard InChI is InChI=1S/C12H22N4O/c1-16-12(17-2)7-11(15-16)14-8-9-4-3-5-10(13)6-9/h7,9-10H,3-6,8,13H2,1-2H3,(H,14,15). The van der Waals surface area contributed by atoms with Crippen molar-refractivity contribution >= 4 is 5.82 Å². The number of nitrogens with one attached hydrogen (secondary N) is 1. The highest BCUT2D eigenvalue weighted by atomic mass is 16.5. The Kier molecular flexibility index (Phi) is 3.89. The summed E-state index contributed by atoms with van der Waals surface area (Å²) in [7, 11) is 3.53. The normalized spacial score (nSPS) is 24.6. The van der Waals surface area contributed by atoms with Gasteiger partial charge in [-0.05, 0) is 25.2 Å². The molecule has 5 heteroatoms. The van der Waals surface area contributed by atoms with Crippen LogP contribution >= 0.6 is 0 Å². The second kappa shape index (κ2) is 5.40. The Labute approximate surface area is 102 Å². The van der Waals surface area contributed by atoms with Gasteiger partial charge in [-0.25, -0.2) is 4.68 Å². The van der Waals surface area contributed by atoms with Crippen LogP contribution in [0, 0.1) is 5.92 Å². The molecule has 0 bridgehead atoms. The third kappa shape index (κ3) is 3.12. The molecule has 2 unspecified atom stereocenters. The van der Waals surface area contributed by atoms with Crippen molar-refractivity contribution in [2.45, 2.75) is 31.7 Å². The van der Waals surface area contributed by atoms with Gasteiger partial charge in [0.05, 0.1) is 7.11 Å². The third-order valence-electron chi connectivity index (χ3n) is 3.44. The van der Waals surface area contributed by atoms with Crippen LogP contribution in [0.15, 0.2) is 6.07 Å². The Morgan fingerprint density at radius 3 is 3.06 bits per heavy atom. The molecule has 0 radical (unpaired) electrons. The highest BCUT2D eigenvalue weighted by Crippen LogP contribution is 2.24. The van der Waals surface area contributed by atoms with Gasteiger partial charge >= 0.3 is 0 Å². The Hall–Kier alpha value is -1.23. The number of aromatic nitrogens is 2. The topological polar surface area (TPSA) is 65.1 Å². The monoisotopic (exact) mass is 238 g/mol. The molecule has 2 rings (SSSR count). The van der Waals surface area contributed by atoms with Crippen LogP contribution in [-0.2, 0) is 7.05 Å². The quantitative estimate of drug-likeness (QED) is 0.831. The van der Waals surface area contributed by atoms with Crippen LogP contribution in [0.3, 0.4) is 0 Å². The zero-order valence-electron chi connectivity index (χ0n) is 10.6. The molecule has 5 nitrogen and oxygen atoms in total. The van der Waals surface area contributed by atoms with Gasteiger partial charge in [-0.3, -0.25) is 0 Å². The molecule has 0 aromatic carbocycles. The van der Waals surface area contributed by atoms with Crippen LogP contribution in [0.1, 0.15) is 25.7 Å². The SMILES string of the molecule is COc1cc(NCC2CCCC(N)C2)nn1C. The van der Waals surface area contributed by atoms with E-state index in [9.17, 15) is 0 Å². The van der Waals surface area contributed by atoms with Gasteiger partial charge in [-0.15, -0.1) is 0 Å². The van der Waals surface area contributed by atoms with Crippen LogP contribution in [0.4, 0.5) is 5.82 Å². The molecule has 1 aliphatic rings. The summed E-state index contributed by atoms with van der Waals surface area (Å²) < 4.78 is 6.91. The lowest BCUT2D eigenvalue weighted by molar-refractivity contribution is 0.334. The minimum atomic E-state index is 0.383. The number of anilines is 1. The lowest BCUT2D eigenvalue weighted by Gasteiger charge is -2.26. The van der Waals surface area contributed by atoms with Gasteiger partial charge in [0, 0.05) is 25.7 Å². The maximum absolute atomic E-state index is 5.98. The molecule has 2 atom stereocenters. The summed E-state index contributed by atoms with van der Waals surface area (Å²) in [6.45, 7) is 0.952. The number of hydrogen-bond acceptors (Lipinski definition) is 4. The van der Waals surface area contributed by atoms with Crippen molar-refractivity contribution in [1.82, 2.24) is 9.78 Å². The minimum Gasteiger partial charge on any atom is -0.481 e. The minimum absolute atomic E-state index is 0.383. The fourth-order valence-electron chi connectivity index (χ4n) is 2.49. The van der Waals surface area contributed by atoms with Gasteiger partial charge in [0.15, 0.2) is 5.82 Å². The summed E-state index contributed by atoms with van der Waals surface area (Å²) in [5.74, 6) is 2.32. The Balaban J connectivity index is 1.84. The van der Waals surface area contributed by atoms with Crippen molar-refractivity contribution < 1.29 is 4.74 Å². The van der Waals surface area contributed by atoms with Crippen LogP contribution < -0.4 is 15.8 Å². The van der Waals surface area contributed by atoms with Crippen molar-refractivity contribution in [3.63, 3.8) is 0 Å². The van der Waals surface area contributed by atoms with Gasteiger partial charge < -0.3 is 15.8 Å². The van der Waals surface area contributed by atoms with E-state index in [1.54, 1.807) is 11.8 Å². The summed E-state index contributed by atoms with van der Waals surface area (Å²) >= 11 is 0. The first kappa shape index (κ1) is 12.2. The molecule has 0 amide bonds. The highest BCUT2D eigenvalue weighted by molar-refractivity contribution is 5.38. The van der Waals surface area contributed by atoms with E-state index in [4.69, 9.17) is 10.5 Å². The number of hydrogen-bond donors (Lipinski definition) is 2. The number of aryl methyl sites for hydroxylation is 1. The summed E-state index contributed by atoms with van der Waals surface area (Å²) in [4.78, 5) is 0. The Morgan fingerprint density at radius 1 is 1.59 bits per heavy atom. The summed E-state index contributed by atoms with van der Waals surface area (Å²) in [5, 5.41) is 7.70. The molecule has 1 heterocycles. The van der Waals surface area contributed by atoms with E-state index in [1.807, 2.05) is 13.1 Å². The van der Waals surface area contributed by atoms with Gasteiger partial charge in [0.1, 0.15) is 0 Å². The summed E-state index contributed by atoms with van der Waals surface area (Å²) in [6.07, 6.45) is 4.81. The van der Waals surface area contributed by atoms with Gasteiger partial charge in [0.2, 0.25) is 5.88 Å². The molecule has 1 fully saturated rings. The third-order valence-corrected chi connectivity index (χ3v) is 3.44. The van der Waals surface area contributed by atoms with Crippen LogP contribution in [-0.4, -0.2) is 29.5 Å². The molecule has 0 spiro atoms. The molecule has 17 heavy (non-hydrogen) atoms. The largest absolute Gasteiger partial charge is 0.481 e. The van der Waals surface area contributed by atoms with E-state index in [-0.39, 0.29) is 0 Å². The number of methoxy groups -OCH3 is 1. The average molecular weight is 238 g/mol. The van der Waals surface area contributed by atoms with E-state index >= 15 is 0 Å². The first-order valence-electron chi connectivity index (χ1n) is 6.26. The second-order valence-electron chi connectivity index (χ2n) is 4.87. The Morgan fingerprint density at radius 2 is 2.41 bits per heavy atom. The van der Waals surface area contributed by atoms with Crippen molar-refractivity contribution in [1.29, 1.82) is 0 Å². The molecule has 1 aromatic rings. The van der Waals surface area contributed by atoms with Crippen LogP contribution in [0.5, 0.6) is 5.88 Å². The molecular formula is C12H22N4O. The fraction of sp³-hybridized carbons (Fsp3) is 0.750. The van der Waals surface area contributed by atoms with E-state index in [0.29, 0.717) is 12.0 Å². The fourth-order valence-corrected chi connectivity index (χ4v) is 2.49. The molecule has 0 aliphatic heterocycles. The highest BCUT2D eigenvalue weighted by Gasteiger charge is 2.19. The zero-order chi connectivity index (χ0) is 12.3. The van der Waals surface area contributed by atoms with Crippen LogP contribution in [0.25, 0.3) is 0 Å². The zero-order valence-corrected chi connectivity index (χ0v) is 10.6. The lowest BCUT2D eigenvalue weighted by Crippen LogP contribution is -2.31. The van der Waals surface area contributed by atoms with Crippen molar-refractivity contribution in [2.75, 3.05) is 19.0 Å². The van der Waals surface area contributed by atoms with Crippen molar-refractivity contribution in [3.05, 3.63) is 6.07 Å². The van der Waals surface area contributed by atoms with Crippen LogP contribution in [0.2, 0.25) is 0 Å². The molecule has 1 aliphatic carbocycles.